The summed E-state index contributed by atoms with van der Waals surface area (Å²) < 4.78 is 19.5. The number of amides is 2. The number of nitrogens with zero attached hydrogens (tertiary/aromatic N) is 2. The van der Waals surface area contributed by atoms with Gasteiger partial charge in [-0.25, -0.2) is 14.4 Å². The molecule has 2 amide bonds. The molecule has 5 N–H and O–H groups in total. The summed E-state index contributed by atoms with van der Waals surface area (Å²) in [7, 11) is 1.53. The standard InChI is InChI=1S/C21H22FN5O4/c1-31-9-8-24-19-17(18(23)29)27-16(11-26-19)14-10-13(2-3-15(14)22)4-5-21(12-28)6-7-25-20(21)30/h2-3,10-11,28H,6-9,12H2,1H3,(H2,23,29)(H,24,26)(H,25,30)/t21-/m0/s1. The van der Waals surface area contributed by atoms with E-state index in [9.17, 15) is 19.1 Å². The summed E-state index contributed by atoms with van der Waals surface area (Å²) in [6.07, 6.45) is 1.70. The van der Waals surface area contributed by atoms with Crippen LogP contribution in [0.25, 0.3) is 11.3 Å². The summed E-state index contributed by atoms with van der Waals surface area (Å²) in [6, 6.07) is 4.09. The minimum Gasteiger partial charge on any atom is -0.394 e. The van der Waals surface area contributed by atoms with Crippen molar-refractivity contribution in [2.45, 2.75) is 6.42 Å². The number of methoxy groups -OCH3 is 1. The number of carbonyl (C=O) groups excluding carboxylic acids is 2. The van der Waals surface area contributed by atoms with Crippen LogP contribution in [0, 0.1) is 23.1 Å². The van der Waals surface area contributed by atoms with Crippen LogP contribution in [0.5, 0.6) is 0 Å². The SMILES string of the molecule is COCCNc1ncc(-c2cc(C#C[C@@]3(CO)CCNC3=O)ccc2F)nc1C(N)=O. The average Bonchev–Trinajstić information content (AvgIpc) is 3.14. The number of hydrogen-bond donors (Lipinski definition) is 4. The van der Waals surface area contributed by atoms with Gasteiger partial charge < -0.3 is 26.2 Å². The summed E-state index contributed by atoms with van der Waals surface area (Å²) in [6.45, 7) is 0.776. The molecule has 2 heterocycles. The van der Waals surface area contributed by atoms with Crippen molar-refractivity contribution in [2.24, 2.45) is 11.1 Å². The molecule has 1 aliphatic rings. The number of anilines is 1. The van der Waals surface area contributed by atoms with Gasteiger partial charge in [-0.2, -0.15) is 0 Å². The van der Waals surface area contributed by atoms with Gasteiger partial charge >= 0.3 is 0 Å². The first kappa shape index (κ1) is 22.1. The van der Waals surface area contributed by atoms with Crippen molar-refractivity contribution in [1.29, 1.82) is 0 Å². The minimum atomic E-state index is -1.18. The van der Waals surface area contributed by atoms with Crippen molar-refractivity contribution in [3.8, 4) is 23.1 Å². The monoisotopic (exact) mass is 427 g/mol. The highest BCUT2D eigenvalue weighted by Crippen LogP contribution is 2.26. The fourth-order valence-corrected chi connectivity index (χ4v) is 3.06. The maximum Gasteiger partial charge on any atom is 0.271 e. The summed E-state index contributed by atoms with van der Waals surface area (Å²) in [5.41, 5.74) is 4.67. The molecule has 0 radical (unpaired) electrons. The third-order valence-corrected chi connectivity index (χ3v) is 4.83. The minimum absolute atomic E-state index is 0.0687. The Morgan fingerprint density at radius 3 is 2.94 bits per heavy atom. The first-order valence-corrected chi connectivity index (χ1v) is 9.52. The number of ether oxygens (including phenoxy) is 1. The van der Waals surface area contributed by atoms with Crippen LogP contribution in [0.4, 0.5) is 10.2 Å². The molecule has 1 atom stereocenters. The zero-order valence-corrected chi connectivity index (χ0v) is 16.9. The number of aromatic nitrogens is 2. The largest absolute Gasteiger partial charge is 0.394 e. The van der Waals surface area contributed by atoms with E-state index >= 15 is 0 Å². The van der Waals surface area contributed by atoms with Gasteiger partial charge in [0.25, 0.3) is 5.91 Å². The molecule has 1 aliphatic heterocycles. The number of benzene rings is 1. The summed E-state index contributed by atoms with van der Waals surface area (Å²) in [5.74, 6) is 4.06. The van der Waals surface area contributed by atoms with Crippen LogP contribution >= 0.6 is 0 Å². The van der Waals surface area contributed by atoms with Crippen LogP contribution in [0.15, 0.2) is 24.4 Å². The molecular formula is C21H22FN5O4. The molecule has 31 heavy (non-hydrogen) atoms. The number of primary amides is 1. The van der Waals surface area contributed by atoms with Gasteiger partial charge in [-0.05, 0) is 24.6 Å². The van der Waals surface area contributed by atoms with Crippen LogP contribution in [-0.4, -0.2) is 60.3 Å². The molecule has 0 spiro atoms. The third kappa shape index (κ3) is 4.79. The summed E-state index contributed by atoms with van der Waals surface area (Å²) in [5, 5.41) is 15.2. The first-order valence-electron chi connectivity index (χ1n) is 9.52. The molecule has 3 rings (SSSR count). The normalized spacial score (nSPS) is 17.6. The zero-order chi connectivity index (χ0) is 22.4. The maximum atomic E-state index is 14.5. The van der Waals surface area contributed by atoms with Gasteiger partial charge in [0.1, 0.15) is 11.2 Å². The lowest BCUT2D eigenvalue weighted by Gasteiger charge is -2.15. The quantitative estimate of drug-likeness (QED) is 0.368. The van der Waals surface area contributed by atoms with Crippen LogP contribution in [0.3, 0.4) is 0 Å². The van der Waals surface area contributed by atoms with Gasteiger partial charge in [0.15, 0.2) is 11.5 Å². The molecule has 1 saturated heterocycles. The average molecular weight is 427 g/mol. The van der Waals surface area contributed by atoms with E-state index in [4.69, 9.17) is 10.5 Å². The van der Waals surface area contributed by atoms with E-state index in [1.807, 2.05) is 0 Å². The number of carbonyl (C=O) groups is 2. The van der Waals surface area contributed by atoms with Crippen molar-refractivity contribution >= 4 is 17.6 Å². The van der Waals surface area contributed by atoms with Crippen molar-refractivity contribution in [1.82, 2.24) is 15.3 Å². The van der Waals surface area contributed by atoms with Gasteiger partial charge in [-0.1, -0.05) is 11.8 Å². The number of aliphatic hydroxyl groups is 1. The van der Waals surface area contributed by atoms with Crippen LogP contribution < -0.4 is 16.4 Å². The van der Waals surface area contributed by atoms with Gasteiger partial charge in [0, 0.05) is 31.3 Å². The fraction of sp³-hybridized carbons (Fsp3) is 0.333. The van der Waals surface area contributed by atoms with E-state index in [-0.39, 0.29) is 28.7 Å². The second kappa shape index (κ2) is 9.51. The molecule has 0 saturated carbocycles. The second-order valence-electron chi connectivity index (χ2n) is 6.93. The number of halogens is 1. The van der Waals surface area contributed by atoms with E-state index < -0.39 is 23.7 Å². The topological polar surface area (TPSA) is 139 Å². The number of aliphatic hydroxyl groups excluding tert-OH is 1. The lowest BCUT2D eigenvalue weighted by Crippen LogP contribution is -2.33. The Balaban J connectivity index is 1.95. The van der Waals surface area contributed by atoms with Gasteiger partial charge in [0.2, 0.25) is 5.91 Å². The Hall–Kier alpha value is -3.55. The highest BCUT2D eigenvalue weighted by molar-refractivity contribution is 5.96. The van der Waals surface area contributed by atoms with Crippen LogP contribution in [-0.2, 0) is 9.53 Å². The number of rotatable bonds is 7. The fourth-order valence-electron chi connectivity index (χ4n) is 3.06. The Bertz CT molecular complexity index is 1070. The Morgan fingerprint density at radius 2 is 2.29 bits per heavy atom. The predicted molar refractivity (Wildman–Crippen MR) is 110 cm³/mol. The van der Waals surface area contributed by atoms with Crippen molar-refractivity contribution < 1.29 is 23.8 Å². The van der Waals surface area contributed by atoms with Crippen molar-refractivity contribution in [2.75, 3.05) is 38.7 Å². The maximum absolute atomic E-state index is 14.5. The van der Waals surface area contributed by atoms with Crippen LogP contribution in [0.1, 0.15) is 22.5 Å². The second-order valence-corrected chi connectivity index (χ2v) is 6.93. The molecule has 2 aromatic rings. The van der Waals surface area contributed by atoms with Gasteiger partial charge in [-0.15, -0.1) is 0 Å². The molecule has 9 nitrogen and oxygen atoms in total. The smallest absolute Gasteiger partial charge is 0.271 e. The van der Waals surface area contributed by atoms with Crippen molar-refractivity contribution in [3.63, 3.8) is 0 Å². The lowest BCUT2D eigenvalue weighted by molar-refractivity contribution is -0.126. The van der Waals surface area contributed by atoms with Crippen LogP contribution in [0.2, 0.25) is 0 Å². The molecule has 0 aliphatic carbocycles. The molecule has 162 valence electrons. The number of nitrogens with one attached hydrogen (secondary N) is 2. The Labute approximate surface area is 178 Å². The van der Waals surface area contributed by atoms with E-state index in [2.05, 4.69) is 32.4 Å². The van der Waals surface area contributed by atoms with Gasteiger partial charge in [0.05, 0.1) is 25.1 Å². The first-order chi connectivity index (χ1) is 14.9. The third-order valence-electron chi connectivity index (χ3n) is 4.83. The molecule has 0 unspecified atom stereocenters. The molecular weight excluding hydrogens is 405 g/mol. The van der Waals surface area contributed by atoms with Crippen molar-refractivity contribution in [3.05, 3.63) is 41.5 Å². The Morgan fingerprint density at radius 1 is 1.48 bits per heavy atom. The molecule has 1 fully saturated rings. The highest BCUT2D eigenvalue weighted by Gasteiger charge is 2.40. The zero-order valence-electron chi connectivity index (χ0n) is 16.9. The molecule has 0 bridgehead atoms. The number of nitrogens with two attached hydrogens (primary N) is 1. The van der Waals surface area contributed by atoms with Gasteiger partial charge in [-0.3, -0.25) is 9.59 Å². The van der Waals surface area contributed by atoms with E-state index in [1.165, 1.54) is 31.5 Å². The van der Waals surface area contributed by atoms with E-state index in [0.29, 0.717) is 31.7 Å². The molecule has 1 aromatic carbocycles. The predicted octanol–water partition coefficient (Wildman–Crippen LogP) is 0.290. The molecule has 1 aromatic heterocycles. The summed E-state index contributed by atoms with van der Waals surface area (Å²) >= 11 is 0. The number of hydrogen-bond acceptors (Lipinski definition) is 7. The van der Waals surface area contributed by atoms with E-state index in [1.54, 1.807) is 0 Å². The lowest BCUT2D eigenvalue weighted by atomic mass is 9.88. The Kier molecular flexibility index (Phi) is 6.79. The van der Waals surface area contributed by atoms with E-state index in [0.717, 1.165) is 0 Å². The summed E-state index contributed by atoms with van der Waals surface area (Å²) in [4.78, 5) is 32.1. The molecule has 10 heteroatoms. The highest BCUT2D eigenvalue weighted by atomic mass is 19.1.